The third-order valence-corrected chi connectivity index (χ3v) is 3.69. The zero-order valence-corrected chi connectivity index (χ0v) is 14.7. The van der Waals surface area contributed by atoms with Gasteiger partial charge in [0.05, 0.1) is 6.61 Å². The highest BCUT2D eigenvalue weighted by molar-refractivity contribution is 6.04. The third-order valence-electron chi connectivity index (χ3n) is 3.69. The largest absolute Gasteiger partial charge is 0.479 e. The van der Waals surface area contributed by atoms with E-state index in [-0.39, 0.29) is 5.91 Å². The van der Waals surface area contributed by atoms with Gasteiger partial charge in [-0.3, -0.25) is 4.79 Å². The Hall–Kier alpha value is -2.82. The van der Waals surface area contributed by atoms with Gasteiger partial charge in [-0.2, -0.15) is 0 Å². The quantitative estimate of drug-likeness (QED) is 0.777. The molecule has 0 aliphatic heterocycles. The number of carbonyl (C=O) groups excluding carboxylic acids is 2. The number of rotatable bonds is 7. The minimum absolute atomic E-state index is 0.189. The number of hydrogen-bond donors (Lipinski definition) is 1. The lowest BCUT2D eigenvalue weighted by molar-refractivity contribution is -0.150. The zero-order chi connectivity index (χ0) is 18.2. The van der Waals surface area contributed by atoms with Crippen molar-refractivity contribution in [1.29, 1.82) is 0 Å². The Morgan fingerprint density at radius 3 is 2.36 bits per heavy atom. The van der Waals surface area contributed by atoms with E-state index >= 15 is 0 Å². The Morgan fingerprint density at radius 2 is 1.72 bits per heavy atom. The summed E-state index contributed by atoms with van der Waals surface area (Å²) in [6.45, 7) is 5.72. The molecule has 5 nitrogen and oxygen atoms in total. The van der Waals surface area contributed by atoms with Crippen LogP contribution in [0, 0.1) is 0 Å². The maximum atomic E-state index is 12.4. The van der Waals surface area contributed by atoms with E-state index < -0.39 is 12.1 Å². The van der Waals surface area contributed by atoms with Crippen LogP contribution < -0.4 is 10.1 Å². The molecule has 0 heterocycles. The Kier molecular flexibility index (Phi) is 6.57. The fraction of sp³-hybridized carbons (Fsp3) is 0.300. The highest BCUT2D eigenvalue weighted by Gasteiger charge is 2.16. The maximum Gasteiger partial charge on any atom is 0.347 e. The van der Waals surface area contributed by atoms with Gasteiger partial charge in [0, 0.05) is 11.3 Å². The first kappa shape index (κ1) is 18.5. The third kappa shape index (κ3) is 5.08. The van der Waals surface area contributed by atoms with Crippen LogP contribution in [0.5, 0.6) is 5.75 Å². The van der Waals surface area contributed by atoms with Crippen LogP contribution in [0.25, 0.3) is 0 Å². The Bertz CT molecular complexity index is 725. The van der Waals surface area contributed by atoms with Crippen molar-refractivity contribution in [2.75, 3.05) is 11.9 Å². The number of hydrogen-bond acceptors (Lipinski definition) is 4. The summed E-state index contributed by atoms with van der Waals surface area (Å²) in [5, 5.41) is 2.92. The van der Waals surface area contributed by atoms with Crippen molar-refractivity contribution in [2.24, 2.45) is 0 Å². The smallest absolute Gasteiger partial charge is 0.347 e. The summed E-state index contributed by atoms with van der Waals surface area (Å²) in [5.74, 6) is -0.0996. The molecule has 5 heteroatoms. The first-order chi connectivity index (χ1) is 12.0. The molecule has 1 N–H and O–H groups in total. The SMILES string of the molecule is CCOC(=O)[C@@H](C)Oc1ccc(C(=O)Nc2ccccc2CC)cc1. The van der Waals surface area contributed by atoms with E-state index in [1.807, 2.05) is 31.2 Å². The molecule has 0 bridgehead atoms. The second-order valence-electron chi connectivity index (χ2n) is 5.50. The molecule has 2 aromatic carbocycles. The molecule has 2 aromatic rings. The van der Waals surface area contributed by atoms with E-state index in [2.05, 4.69) is 5.32 Å². The monoisotopic (exact) mass is 341 g/mol. The molecule has 2 rings (SSSR count). The molecule has 25 heavy (non-hydrogen) atoms. The van der Waals surface area contributed by atoms with Crippen molar-refractivity contribution < 1.29 is 19.1 Å². The van der Waals surface area contributed by atoms with Gasteiger partial charge < -0.3 is 14.8 Å². The molecule has 1 amide bonds. The summed E-state index contributed by atoms with van der Waals surface area (Å²) in [5.41, 5.74) is 2.41. The lowest BCUT2D eigenvalue weighted by Gasteiger charge is -2.14. The summed E-state index contributed by atoms with van der Waals surface area (Å²) < 4.78 is 10.4. The molecule has 0 aromatic heterocycles. The number of nitrogens with one attached hydrogen (secondary N) is 1. The van der Waals surface area contributed by atoms with Crippen LogP contribution in [0.3, 0.4) is 0 Å². The molecule has 0 saturated carbocycles. The standard InChI is InChI=1S/C20H23NO4/c1-4-15-8-6-7-9-18(15)21-19(22)16-10-12-17(13-11-16)25-14(3)20(23)24-5-2/h6-14H,4-5H2,1-3H3,(H,21,22)/t14-/m1/s1. The van der Waals surface area contributed by atoms with Gasteiger partial charge >= 0.3 is 5.97 Å². The number of esters is 1. The van der Waals surface area contributed by atoms with E-state index in [9.17, 15) is 9.59 Å². The number of aryl methyl sites for hydroxylation is 1. The van der Waals surface area contributed by atoms with E-state index in [1.54, 1.807) is 38.1 Å². The molecule has 0 unspecified atom stereocenters. The highest BCUT2D eigenvalue weighted by Crippen LogP contribution is 2.18. The van der Waals surface area contributed by atoms with Crippen molar-refractivity contribution in [2.45, 2.75) is 33.3 Å². The van der Waals surface area contributed by atoms with Crippen LogP contribution in [0.2, 0.25) is 0 Å². The van der Waals surface area contributed by atoms with Crippen molar-refractivity contribution in [1.82, 2.24) is 0 Å². The van der Waals surface area contributed by atoms with Gasteiger partial charge in [-0.1, -0.05) is 25.1 Å². The Labute approximate surface area is 148 Å². The Balaban J connectivity index is 2.01. The van der Waals surface area contributed by atoms with Gasteiger partial charge in [0.15, 0.2) is 6.10 Å². The average molecular weight is 341 g/mol. The van der Waals surface area contributed by atoms with Crippen LogP contribution in [-0.4, -0.2) is 24.6 Å². The zero-order valence-electron chi connectivity index (χ0n) is 14.7. The van der Waals surface area contributed by atoms with Crippen molar-refractivity contribution in [3.63, 3.8) is 0 Å². The van der Waals surface area contributed by atoms with Gasteiger partial charge in [0.25, 0.3) is 5.91 Å². The number of ether oxygens (including phenoxy) is 2. The van der Waals surface area contributed by atoms with Crippen molar-refractivity contribution in [3.05, 3.63) is 59.7 Å². The minimum Gasteiger partial charge on any atom is -0.479 e. The lowest BCUT2D eigenvalue weighted by atomic mass is 10.1. The van der Waals surface area contributed by atoms with E-state index in [0.29, 0.717) is 17.9 Å². The van der Waals surface area contributed by atoms with Crippen LogP contribution in [0.1, 0.15) is 36.7 Å². The van der Waals surface area contributed by atoms with Gasteiger partial charge in [0.2, 0.25) is 0 Å². The molecular formula is C20H23NO4. The van der Waals surface area contributed by atoms with Gasteiger partial charge in [-0.15, -0.1) is 0 Å². The minimum atomic E-state index is -0.698. The van der Waals surface area contributed by atoms with Crippen molar-refractivity contribution >= 4 is 17.6 Å². The first-order valence-corrected chi connectivity index (χ1v) is 8.37. The summed E-state index contributed by atoms with van der Waals surface area (Å²) in [6.07, 6.45) is 0.144. The van der Waals surface area contributed by atoms with Crippen LogP contribution in [-0.2, 0) is 16.0 Å². The average Bonchev–Trinajstić information content (AvgIpc) is 2.63. The van der Waals surface area contributed by atoms with Gasteiger partial charge in [0.1, 0.15) is 5.75 Å². The molecule has 0 fully saturated rings. The normalized spacial score (nSPS) is 11.5. The molecule has 132 valence electrons. The number of carbonyl (C=O) groups is 2. The number of amides is 1. The van der Waals surface area contributed by atoms with Crippen LogP contribution >= 0.6 is 0 Å². The van der Waals surface area contributed by atoms with E-state index in [0.717, 1.165) is 17.7 Å². The molecule has 0 spiro atoms. The molecule has 0 radical (unpaired) electrons. The first-order valence-electron chi connectivity index (χ1n) is 8.37. The molecule has 0 aliphatic rings. The predicted molar refractivity (Wildman–Crippen MR) is 96.9 cm³/mol. The summed E-state index contributed by atoms with van der Waals surface area (Å²) in [7, 11) is 0. The van der Waals surface area contributed by atoms with Crippen LogP contribution in [0.15, 0.2) is 48.5 Å². The molecular weight excluding hydrogens is 318 g/mol. The fourth-order valence-corrected chi connectivity index (χ4v) is 2.34. The molecule has 1 atom stereocenters. The summed E-state index contributed by atoms with van der Waals surface area (Å²) >= 11 is 0. The number of benzene rings is 2. The highest BCUT2D eigenvalue weighted by atomic mass is 16.6. The van der Waals surface area contributed by atoms with Gasteiger partial charge in [-0.05, 0) is 56.2 Å². The fourth-order valence-electron chi connectivity index (χ4n) is 2.34. The maximum absolute atomic E-state index is 12.4. The Morgan fingerprint density at radius 1 is 1.04 bits per heavy atom. The summed E-state index contributed by atoms with van der Waals surface area (Å²) in [4.78, 5) is 24.0. The van der Waals surface area contributed by atoms with Crippen LogP contribution in [0.4, 0.5) is 5.69 Å². The van der Waals surface area contributed by atoms with Crippen molar-refractivity contribution in [3.8, 4) is 5.75 Å². The van der Waals surface area contributed by atoms with E-state index in [4.69, 9.17) is 9.47 Å². The second-order valence-corrected chi connectivity index (χ2v) is 5.50. The summed E-state index contributed by atoms with van der Waals surface area (Å²) in [6, 6.07) is 14.4. The molecule has 0 aliphatic carbocycles. The predicted octanol–water partition coefficient (Wildman–Crippen LogP) is 3.83. The van der Waals surface area contributed by atoms with Gasteiger partial charge in [-0.25, -0.2) is 4.79 Å². The molecule has 0 saturated heterocycles. The lowest BCUT2D eigenvalue weighted by Crippen LogP contribution is -2.26. The second kappa shape index (κ2) is 8.87. The van der Waals surface area contributed by atoms with E-state index in [1.165, 1.54) is 0 Å². The topological polar surface area (TPSA) is 64.6 Å². The number of para-hydroxylation sites is 1. The number of anilines is 1.